The van der Waals surface area contributed by atoms with Gasteiger partial charge in [0.2, 0.25) is 5.91 Å². The van der Waals surface area contributed by atoms with Crippen molar-refractivity contribution in [3.05, 3.63) is 28.2 Å². The largest absolute Gasteiger partial charge is 0.323 e. The van der Waals surface area contributed by atoms with Gasteiger partial charge in [-0.25, -0.2) is 0 Å². The summed E-state index contributed by atoms with van der Waals surface area (Å²) in [7, 11) is 0. The van der Waals surface area contributed by atoms with Crippen molar-refractivity contribution in [2.24, 2.45) is 5.41 Å². The summed E-state index contributed by atoms with van der Waals surface area (Å²) in [5, 5.41) is 12.9. The lowest BCUT2D eigenvalue weighted by molar-refractivity contribution is -0.123. The number of benzene rings is 1. The van der Waals surface area contributed by atoms with Crippen LogP contribution in [0.15, 0.2) is 18.2 Å². The number of carbonyl (C=O) groups is 1. The highest BCUT2D eigenvalue weighted by Gasteiger charge is 2.39. The molecule has 3 nitrogen and oxygen atoms in total. The molecule has 1 amide bonds. The summed E-state index contributed by atoms with van der Waals surface area (Å²) in [4.78, 5) is 12.5. The molecular formula is C15H16Cl2N2O. The van der Waals surface area contributed by atoms with Crippen LogP contribution in [-0.4, -0.2) is 5.91 Å². The van der Waals surface area contributed by atoms with E-state index < -0.39 is 5.41 Å². The van der Waals surface area contributed by atoms with Crippen LogP contribution in [0, 0.1) is 16.7 Å². The van der Waals surface area contributed by atoms with E-state index in [9.17, 15) is 10.1 Å². The van der Waals surface area contributed by atoms with Gasteiger partial charge in [-0.05, 0) is 25.0 Å². The van der Waals surface area contributed by atoms with Gasteiger partial charge in [0.1, 0.15) is 5.41 Å². The van der Waals surface area contributed by atoms with Gasteiger partial charge in [-0.1, -0.05) is 55.0 Å². The van der Waals surface area contributed by atoms with Crippen LogP contribution in [0.4, 0.5) is 5.69 Å². The van der Waals surface area contributed by atoms with Gasteiger partial charge < -0.3 is 5.32 Å². The highest BCUT2D eigenvalue weighted by molar-refractivity contribution is 6.44. The first-order valence-corrected chi connectivity index (χ1v) is 7.51. The molecule has 0 spiro atoms. The Kier molecular flexibility index (Phi) is 4.91. The number of hydrogen-bond acceptors (Lipinski definition) is 2. The molecule has 1 aliphatic rings. The van der Waals surface area contributed by atoms with E-state index in [1.54, 1.807) is 18.2 Å². The predicted octanol–water partition coefficient (Wildman–Crippen LogP) is 4.80. The minimum absolute atomic E-state index is 0.272. The second-order valence-corrected chi connectivity index (χ2v) is 5.95. The topological polar surface area (TPSA) is 52.9 Å². The molecule has 106 valence electrons. The normalized spacial score (nSPS) is 17.9. The number of anilines is 1. The second kappa shape index (κ2) is 6.47. The minimum atomic E-state index is -0.942. The third kappa shape index (κ3) is 3.08. The SMILES string of the molecule is N#CC1(C(=O)Nc2cccc(Cl)c2Cl)CCCCCC1. The van der Waals surface area contributed by atoms with Crippen molar-refractivity contribution in [3.63, 3.8) is 0 Å². The molecule has 1 fully saturated rings. The molecule has 1 N–H and O–H groups in total. The second-order valence-electron chi connectivity index (χ2n) is 5.16. The van der Waals surface area contributed by atoms with Gasteiger partial charge in [0.05, 0.1) is 21.8 Å². The van der Waals surface area contributed by atoms with E-state index >= 15 is 0 Å². The van der Waals surface area contributed by atoms with Crippen molar-refractivity contribution >= 4 is 34.8 Å². The lowest BCUT2D eigenvalue weighted by Gasteiger charge is -2.24. The highest BCUT2D eigenvalue weighted by atomic mass is 35.5. The van der Waals surface area contributed by atoms with Crippen LogP contribution in [0.5, 0.6) is 0 Å². The first-order valence-electron chi connectivity index (χ1n) is 6.76. The summed E-state index contributed by atoms with van der Waals surface area (Å²) in [6.45, 7) is 0. The van der Waals surface area contributed by atoms with Gasteiger partial charge in [-0.15, -0.1) is 0 Å². The molecule has 0 aliphatic heterocycles. The first kappa shape index (κ1) is 15.2. The zero-order valence-corrected chi connectivity index (χ0v) is 12.6. The highest BCUT2D eigenvalue weighted by Crippen LogP contribution is 2.37. The molecule has 1 aliphatic carbocycles. The molecule has 20 heavy (non-hydrogen) atoms. The number of rotatable bonds is 2. The van der Waals surface area contributed by atoms with E-state index in [-0.39, 0.29) is 5.91 Å². The lowest BCUT2D eigenvalue weighted by Crippen LogP contribution is -2.34. The molecule has 0 unspecified atom stereocenters. The van der Waals surface area contributed by atoms with Crippen LogP contribution in [0.2, 0.25) is 10.0 Å². The van der Waals surface area contributed by atoms with Crippen LogP contribution >= 0.6 is 23.2 Å². The summed E-state index contributed by atoms with van der Waals surface area (Å²) in [6.07, 6.45) is 5.18. The Morgan fingerprint density at radius 2 is 1.85 bits per heavy atom. The average molecular weight is 311 g/mol. The van der Waals surface area contributed by atoms with E-state index in [0.717, 1.165) is 25.7 Å². The molecule has 0 saturated heterocycles. The predicted molar refractivity (Wildman–Crippen MR) is 80.8 cm³/mol. The molecule has 0 aromatic heterocycles. The summed E-state index contributed by atoms with van der Waals surface area (Å²) < 4.78 is 0. The minimum Gasteiger partial charge on any atom is -0.323 e. The first-order chi connectivity index (χ1) is 9.59. The summed E-state index contributed by atoms with van der Waals surface area (Å²) in [5.41, 5.74) is -0.481. The molecule has 1 aromatic carbocycles. The molecule has 0 bridgehead atoms. The Morgan fingerprint density at radius 1 is 1.20 bits per heavy atom. The van der Waals surface area contributed by atoms with Gasteiger partial charge >= 0.3 is 0 Å². The molecule has 2 rings (SSSR count). The van der Waals surface area contributed by atoms with Crippen molar-refractivity contribution in [3.8, 4) is 6.07 Å². The number of carbonyl (C=O) groups excluding carboxylic acids is 1. The summed E-state index contributed by atoms with van der Waals surface area (Å²) in [5.74, 6) is -0.272. The zero-order valence-electron chi connectivity index (χ0n) is 11.1. The number of hydrogen-bond donors (Lipinski definition) is 1. The fourth-order valence-corrected chi connectivity index (χ4v) is 2.91. The van der Waals surface area contributed by atoms with E-state index in [0.29, 0.717) is 28.6 Å². The van der Waals surface area contributed by atoms with E-state index in [1.165, 1.54) is 0 Å². The number of halogens is 2. The van der Waals surface area contributed by atoms with Crippen molar-refractivity contribution in [1.82, 2.24) is 0 Å². The maximum absolute atomic E-state index is 12.5. The third-order valence-electron chi connectivity index (χ3n) is 3.81. The number of nitrogens with zero attached hydrogens (tertiary/aromatic N) is 1. The molecule has 0 atom stereocenters. The van der Waals surface area contributed by atoms with Crippen LogP contribution in [0.3, 0.4) is 0 Å². The van der Waals surface area contributed by atoms with Crippen LogP contribution in [0.1, 0.15) is 38.5 Å². The van der Waals surface area contributed by atoms with Gasteiger partial charge in [0.25, 0.3) is 0 Å². The Hall–Kier alpha value is -1.24. The van der Waals surface area contributed by atoms with Gasteiger partial charge in [-0.3, -0.25) is 4.79 Å². The van der Waals surface area contributed by atoms with Crippen molar-refractivity contribution in [2.75, 3.05) is 5.32 Å². The standard InChI is InChI=1S/C15H16Cl2N2O/c16-11-6-5-7-12(13(11)17)19-14(20)15(10-18)8-3-1-2-4-9-15/h5-7H,1-4,8-9H2,(H,19,20). The molecule has 1 saturated carbocycles. The average Bonchev–Trinajstić information content (AvgIpc) is 2.70. The fraction of sp³-hybridized carbons (Fsp3) is 0.467. The summed E-state index contributed by atoms with van der Waals surface area (Å²) >= 11 is 12.0. The van der Waals surface area contributed by atoms with Crippen molar-refractivity contribution in [1.29, 1.82) is 5.26 Å². The maximum atomic E-state index is 12.5. The molecular weight excluding hydrogens is 295 g/mol. The van der Waals surface area contributed by atoms with Crippen LogP contribution < -0.4 is 5.32 Å². The molecule has 5 heteroatoms. The smallest absolute Gasteiger partial charge is 0.244 e. The van der Waals surface area contributed by atoms with Gasteiger partial charge in [-0.2, -0.15) is 5.26 Å². The quantitative estimate of drug-likeness (QED) is 0.798. The zero-order chi connectivity index (χ0) is 14.6. The Morgan fingerprint density at radius 3 is 2.45 bits per heavy atom. The number of nitriles is 1. The molecule has 0 heterocycles. The van der Waals surface area contributed by atoms with Crippen molar-refractivity contribution < 1.29 is 4.79 Å². The summed E-state index contributed by atoms with van der Waals surface area (Å²) in [6, 6.07) is 7.29. The van der Waals surface area contributed by atoms with Crippen LogP contribution in [-0.2, 0) is 4.79 Å². The lowest BCUT2D eigenvalue weighted by atomic mass is 9.81. The Balaban J connectivity index is 2.21. The number of amides is 1. The van der Waals surface area contributed by atoms with E-state index in [2.05, 4.69) is 11.4 Å². The molecule has 0 radical (unpaired) electrons. The third-order valence-corrected chi connectivity index (χ3v) is 4.62. The molecule has 1 aromatic rings. The van der Waals surface area contributed by atoms with Crippen molar-refractivity contribution in [2.45, 2.75) is 38.5 Å². The maximum Gasteiger partial charge on any atom is 0.244 e. The Bertz CT molecular complexity index is 543. The Labute approximate surface area is 128 Å². The van der Waals surface area contributed by atoms with Gasteiger partial charge in [0, 0.05) is 0 Å². The van der Waals surface area contributed by atoms with E-state index in [4.69, 9.17) is 23.2 Å². The van der Waals surface area contributed by atoms with E-state index in [1.807, 2.05) is 0 Å². The number of nitrogens with one attached hydrogen (secondary N) is 1. The monoisotopic (exact) mass is 310 g/mol. The van der Waals surface area contributed by atoms with Crippen LogP contribution in [0.25, 0.3) is 0 Å². The van der Waals surface area contributed by atoms with Gasteiger partial charge in [0.15, 0.2) is 0 Å². The fourth-order valence-electron chi connectivity index (χ4n) is 2.56.